The van der Waals surface area contributed by atoms with Crippen LogP contribution in [0.1, 0.15) is 23.2 Å². The van der Waals surface area contributed by atoms with E-state index < -0.39 is 17.5 Å². The van der Waals surface area contributed by atoms with Crippen LogP contribution >= 0.6 is 12.4 Å². The molecule has 1 aliphatic rings. The molecule has 3 nitrogen and oxygen atoms in total. The van der Waals surface area contributed by atoms with Gasteiger partial charge >= 0.3 is 0 Å². The number of likely N-dealkylation sites (tertiary alicyclic amines) is 1. The van der Waals surface area contributed by atoms with Crippen molar-refractivity contribution in [1.29, 1.82) is 0 Å². The first-order valence-electron chi connectivity index (χ1n) is 5.58. The molecule has 1 aromatic carbocycles. The Bertz CT molecular complexity index is 434. The Kier molecular flexibility index (Phi) is 5.04. The lowest BCUT2D eigenvalue weighted by molar-refractivity contribution is 0.0709. The molecule has 6 heteroatoms. The van der Waals surface area contributed by atoms with E-state index in [1.807, 2.05) is 0 Å². The third-order valence-electron chi connectivity index (χ3n) is 3.01. The first-order chi connectivity index (χ1) is 8.09. The van der Waals surface area contributed by atoms with Crippen molar-refractivity contribution in [1.82, 2.24) is 4.90 Å². The van der Waals surface area contributed by atoms with Crippen molar-refractivity contribution in [2.45, 2.75) is 18.9 Å². The quantitative estimate of drug-likeness (QED) is 0.852. The largest absolute Gasteiger partial charge is 0.338 e. The number of hydrogen-bond donors (Lipinski definition) is 1. The molecule has 18 heavy (non-hydrogen) atoms. The third kappa shape index (κ3) is 2.97. The Morgan fingerprint density at radius 2 is 1.89 bits per heavy atom. The number of rotatable bonds is 1. The molecule has 1 fully saturated rings. The predicted molar refractivity (Wildman–Crippen MR) is 66.7 cm³/mol. The zero-order valence-corrected chi connectivity index (χ0v) is 10.6. The monoisotopic (exact) mass is 276 g/mol. The smallest absolute Gasteiger partial charge is 0.256 e. The van der Waals surface area contributed by atoms with Gasteiger partial charge in [-0.3, -0.25) is 4.79 Å². The van der Waals surface area contributed by atoms with Gasteiger partial charge in [-0.1, -0.05) is 6.07 Å². The fraction of sp³-hybridized carbons (Fsp3) is 0.417. The molecule has 1 saturated heterocycles. The Morgan fingerprint density at radius 1 is 1.28 bits per heavy atom. The fourth-order valence-corrected chi connectivity index (χ4v) is 1.94. The molecule has 0 atom stereocenters. The van der Waals surface area contributed by atoms with Gasteiger partial charge in [0.2, 0.25) is 0 Å². The highest BCUT2D eigenvalue weighted by molar-refractivity contribution is 5.94. The van der Waals surface area contributed by atoms with Crippen molar-refractivity contribution in [2.24, 2.45) is 5.73 Å². The summed E-state index contributed by atoms with van der Waals surface area (Å²) in [6.07, 6.45) is 1.39. The molecule has 0 bridgehead atoms. The van der Waals surface area contributed by atoms with Gasteiger partial charge in [0, 0.05) is 19.1 Å². The van der Waals surface area contributed by atoms with Crippen molar-refractivity contribution in [3.63, 3.8) is 0 Å². The molecule has 0 spiro atoms. The second-order valence-electron chi connectivity index (χ2n) is 4.23. The van der Waals surface area contributed by atoms with Gasteiger partial charge < -0.3 is 10.6 Å². The maximum atomic E-state index is 13.4. The molecule has 0 aromatic heterocycles. The van der Waals surface area contributed by atoms with Crippen LogP contribution in [0.15, 0.2) is 18.2 Å². The van der Waals surface area contributed by atoms with Crippen molar-refractivity contribution in [2.75, 3.05) is 13.1 Å². The molecule has 0 saturated carbocycles. The first kappa shape index (κ1) is 14.9. The van der Waals surface area contributed by atoms with E-state index in [1.54, 1.807) is 0 Å². The second-order valence-corrected chi connectivity index (χ2v) is 4.23. The van der Waals surface area contributed by atoms with Crippen LogP contribution in [0.4, 0.5) is 8.78 Å². The second kappa shape index (κ2) is 6.11. The van der Waals surface area contributed by atoms with Crippen LogP contribution in [0.3, 0.4) is 0 Å². The van der Waals surface area contributed by atoms with Crippen LogP contribution in [0.5, 0.6) is 0 Å². The molecule has 1 heterocycles. The van der Waals surface area contributed by atoms with Crippen molar-refractivity contribution in [3.05, 3.63) is 35.4 Å². The molecule has 1 aliphatic heterocycles. The molecule has 0 aliphatic carbocycles. The Morgan fingerprint density at radius 3 is 2.50 bits per heavy atom. The number of nitrogens with two attached hydrogens (primary N) is 1. The molecule has 100 valence electrons. The molecule has 1 amide bonds. The standard InChI is InChI=1S/C12H14F2N2O.ClH/c13-10-3-1-2-9(11(10)14)12(17)16-6-4-8(15)5-7-16;/h1-3,8H,4-7,15H2;1H. The Labute approximate surface area is 110 Å². The minimum atomic E-state index is -1.08. The number of halogens is 3. The van der Waals surface area contributed by atoms with Gasteiger partial charge in [-0.2, -0.15) is 0 Å². The van der Waals surface area contributed by atoms with Gasteiger partial charge in [-0.15, -0.1) is 12.4 Å². The van der Waals surface area contributed by atoms with Crippen LogP contribution in [-0.4, -0.2) is 29.9 Å². The van der Waals surface area contributed by atoms with E-state index in [0.717, 1.165) is 6.07 Å². The highest BCUT2D eigenvalue weighted by Crippen LogP contribution is 2.16. The number of amides is 1. The fourth-order valence-electron chi connectivity index (χ4n) is 1.94. The predicted octanol–water partition coefficient (Wildman–Crippen LogP) is 1.95. The third-order valence-corrected chi connectivity index (χ3v) is 3.01. The van der Waals surface area contributed by atoms with E-state index in [2.05, 4.69) is 0 Å². The summed E-state index contributed by atoms with van der Waals surface area (Å²) < 4.78 is 26.4. The zero-order valence-electron chi connectivity index (χ0n) is 9.73. The lowest BCUT2D eigenvalue weighted by Gasteiger charge is -2.30. The lowest BCUT2D eigenvalue weighted by Crippen LogP contribution is -2.43. The van der Waals surface area contributed by atoms with Crippen molar-refractivity contribution >= 4 is 18.3 Å². The summed E-state index contributed by atoms with van der Waals surface area (Å²) in [4.78, 5) is 13.5. The average molecular weight is 277 g/mol. The number of benzene rings is 1. The van der Waals surface area contributed by atoms with Gasteiger partial charge in [0.25, 0.3) is 5.91 Å². The van der Waals surface area contributed by atoms with Crippen LogP contribution in [-0.2, 0) is 0 Å². The Balaban J connectivity index is 0.00000162. The maximum absolute atomic E-state index is 13.4. The first-order valence-corrected chi connectivity index (χ1v) is 5.58. The topological polar surface area (TPSA) is 46.3 Å². The summed E-state index contributed by atoms with van der Waals surface area (Å²) in [5.41, 5.74) is 5.51. The average Bonchev–Trinajstić information content (AvgIpc) is 2.33. The summed E-state index contributed by atoms with van der Waals surface area (Å²) in [6.45, 7) is 0.992. The van der Waals surface area contributed by atoms with E-state index in [0.29, 0.717) is 25.9 Å². The Hall–Kier alpha value is -1.20. The highest BCUT2D eigenvalue weighted by atomic mass is 35.5. The minimum absolute atomic E-state index is 0. The zero-order chi connectivity index (χ0) is 12.4. The summed E-state index contributed by atoms with van der Waals surface area (Å²) in [5, 5.41) is 0. The summed E-state index contributed by atoms with van der Waals surface area (Å²) in [6, 6.07) is 3.73. The van der Waals surface area contributed by atoms with Gasteiger partial charge in [-0.05, 0) is 25.0 Å². The summed E-state index contributed by atoms with van der Waals surface area (Å²) >= 11 is 0. The maximum Gasteiger partial charge on any atom is 0.256 e. The van der Waals surface area contributed by atoms with E-state index in [1.165, 1.54) is 17.0 Å². The normalized spacial score (nSPS) is 16.3. The number of piperidine rings is 1. The van der Waals surface area contributed by atoms with E-state index >= 15 is 0 Å². The van der Waals surface area contributed by atoms with Gasteiger partial charge in [0.05, 0.1) is 5.56 Å². The van der Waals surface area contributed by atoms with E-state index in [4.69, 9.17) is 5.73 Å². The number of carbonyl (C=O) groups excluding carboxylic acids is 1. The molecule has 0 unspecified atom stereocenters. The van der Waals surface area contributed by atoms with Crippen LogP contribution in [0.2, 0.25) is 0 Å². The molecule has 2 N–H and O–H groups in total. The highest BCUT2D eigenvalue weighted by Gasteiger charge is 2.24. The molecule has 0 radical (unpaired) electrons. The molecule has 1 aromatic rings. The van der Waals surface area contributed by atoms with Crippen LogP contribution in [0, 0.1) is 11.6 Å². The van der Waals surface area contributed by atoms with Gasteiger partial charge in [-0.25, -0.2) is 8.78 Å². The van der Waals surface area contributed by atoms with Gasteiger partial charge in [0.1, 0.15) is 0 Å². The molecular weight excluding hydrogens is 262 g/mol. The molecule has 2 rings (SSSR count). The van der Waals surface area contributed by atoms with Crippen molar-refractivity contribution in [3.8, 4) is 0 Å². The number of hydrogen-bond acceptors (Lipinski definition) is 2. The van der Waals surface area contributed by atoms with Gasteiger partial charge in [0.15, 0.2) is 11.6 Å². The number of nitrogens with zero attached hydrogens (tertiary/aromatic N) is 1. The minimum Gasteiger partial charge on any atom is -0.338 e. The van der Waals surface area contributed by atoms with E-state index in [9.17, 15) is 13.6 Å². The van der Waals surface area contributed by atoms with Crippen molar-refractivity contribution < 1.29 is 13.6 Å². The number of carbonyl (C=O) groups is 1. The summed E-state index contributed by atoms with van der Waals surface area (Å²) in [7, 11) is 0. The van der Waals surface area contributed by atoms with Crippen LogP contribution < -0.4 is 5.73 Å². The summed E-state index contributed by atoms with van der Waals surface area (Å²) in [5.74, 6) is -2.54. The molecular formula is C12H15ClF2N2O. The SMILES string of the molecule is Cl.NC1CCN(C(=O)c2cccc(F)c2F)CC1. The van der Waals surface area contributed by atoms with E-state index in [-0.39, 0.29) is 24.0 Å². The van der Waals surface area contributed by atoms with Crippen LogP contribution in [0.25, 0.3) is 0 Å². The lowest BCUT2D eigenvalue weighted by atomic mass is 10.0.